The first-order valence-electron chi connectivity index (χ1n) is 3.95. The fourth-order valence-electron chi connectivity index (χ4n) is 1.68. The molecule has 1 heterocycles. The number of carboxylic acids is 1. The fraction of sp³-hybridized carbons (Fsp3) is 0.500. The van der Waals surface area contributed by atoms with Crippen LogP contribution in [-0.4, -0.2) is 27.3 Å². The van der Waals surface area contributed by atoms with E-state index in [1.807, 2.05) is 0 Å². The van der Waals surface area contributed by atoms with Gasteiger partial charge >= 0.3 is 5.97 Å². The van der Waals surface area contributed by atoms with Gasteiger partial charge in [0.15, 0.2) is 0 Å². The zero-order valence-corrected chi connectivity index (χ0v) is 7.62. The third kappa shape index (κ3) is 1.15. The van der Waals surface area contributed by atoms with Gasteiger partial charge in [-0.15, -0.1) is 11.3 Å². The Bertz CT molecular complexity index is 316. The minimum absolute atomic E-state index is 0.310. The number of carbonyl (C=O) groups is 1. The molecule has 0 atom stereocenters. The van der Waals surface area contributed by atoms with E-state index >= 15 is 0 Å². The first-order valence-corrected chi connectivity index (χ1v) is 4.83. The van der Waals surface area contributed by atoms with Crippen molar-refractivity contribution in [2.75, 3.05) is 0 Å². The summed E-state index contributed by atoms with van der Waals surface area (Å²) in [6.07, 6.45) is 1.72. The number of carboxylic acid groups (broad SMARTS) is 1. The molecule has 5 heteroatoms. The van der Waals surface area contributed by atoms with Gasteiger partial charge in [0.25, 0.3) is 0 Å². The molecule has 0 bridgehead atoms. The molecule has 1 saturated carbocycles. The molecule has 0 aromatic carbocycles. The maximum absolute atomic E-state index is 11.0. The second-order valence-corrected chi connectivity index (χ2v) is 4.20. The number of aliphatic hydroxyl groups excluding tert-OH is 1. The molecule has 4 nitrogen and oxygen atoms in total. The topological polar surface area (TPSA) is 70.4 Å². The number of aromatic nitrogens is 1. The molecule has 0 amide bonds. The largest absolute Gasteiger partial charge is 0.481 e. The highest BCUT2D eigenvalue weighted by atomic mass is 32.1. The lowest BCUT2D eigenvalue weighted by Crippen LogP contribution is -2.50. The van der Waals surface area contributed by atoms with Crippen LogP contribution in [0.4, 0.5) is 0 Å². The van der Waals surface area contributed by atoms with Gasteiger partial charge in [-0.2, -0.15) is 0 Å². The summed E-state index contributed by atoms with van der Waals surface area (Å²) in [7, 11) is 0. The molecule has 0 saturated heterocycles. The Kier molecular flexibility index (Phi) is 1.85. The number of thiazole rings is 1. The van der Waals surface area contributed by atoms with E-state index in [9.17, 15) is 4.79 Å². The highest BCUT2D eigenvalue weighted by molar-refractivity contribution is 7.09. The lowest BCUT2D eigenvalue weighted by atomic mass is 9.66. The Morgan fingerprint density at radius 3 is 2.77 bits per heavy atom. The van der Waals surface area contributed by atoms with E-state index in [0.717, 1.165) is 4.88 Å². The predicted octanol–water partition coefficient (Wildman–Crippen LogP) is 0.620. The molecule has 2 rings (SSSR count). The summed E-state index contributed by atoms with van der Waals surface area (Å²) in [5.74, 6) is -0.859. The predicted molar refractivity (Wildman–Crippen MR) is 46.7 cm³/mol. The summed E-state index contributed by atoms with van der Waals surface area (Å²) >= 11 is 1.33. The van der Waals surface area contributed by atoms with Crippen molar-refractivity contribution in [2.24, 2.45) is 0 Å². The molecule has 70 valence electrons. The van der Waals surface area contributed by atoms with Crippen LogP contribution >= 0.6 is 11.3 Å². The molecule has 0 spiro atoms. The number of rotatable bonds is 2. The van der Waals surface area contributed by atoms with Crippen LogP contribution < -0.4 is 0 Å². The molecule has 0 unspecified atom stereocenters. The number of aliphatic carboxylic acids is 1. The number of hydrogen-bond acceptors (Lipinski definition) is 4. The minimum atomic E-state index is -0.861. The number of hydrogen-bond donors (Lipinski definition) is 2. The molecule has 2 N–H and O–H groups in total. The molecule has 0 aliphatic heterocycles. The van der Waals surface area contributed by atoms with Gasteiger partial charge in [-0.3, -0.25) is 9.78 Å². The quantitative estimate of drug-likeness (QED) is 0.732. The van der Waals surface area contributed by atoms with Gasteiger partial charge in [0.2, 0.25) is 0 Å². The second-order valence-electron chi connectivity index (χ2n) is 3.32. The Morgan fingerprint density at radius 2 is 2.38 bits per heavy atom. The van der Waals surface area contributed by atoms with Gasteiger partial charge in [0.1, 0.15) is 5.41 Å². The Balaban J connectivity index is 2.31. The summed E-state index contributed by atoms with van der Waals surface area (Å²) < 4.78 is 0. The van der Waals surface area contributed by atoms with Crippen LogP contribution in [0.2, 0.25) is 0 Å². The monoisotopic (exact) mass is 199 g/mol. The van der Waals surface area contributed by atoms with E-state index in [-0.39, 0.29) is 0 Å². The van der Waals surface area contributed by atoms with Crippen molar-refractivity contribution >= 4 is 17.3 Å². The molecule has 1 fully saturated rings. The van der Waals surface area contributed by atoms with Crippen molar-refractivity contribution in [3.8, 4) is 0 Å². The van der Waals surface area contributed by atoms with Crippen LogP contribution in [0.1, 0.15) is 17.7 Å². The van der Waals surface area contributed by atoms with Crippen molar-refractivity contribution in [1.29, 1.82) is 0 Å². The van der Waals surface area contributed by atoms with Crippen LogP contribution in [0.5, 0.6) is 0 Å². The first-order chi connectivity index (χ1) is 6.15. The molecule has 1 aliphatic carbocycles. The van der Waals surface area contributed by atoms with Crippen molar-refractivity contribution < 1.29 is 15.0 Å². The summed E-state index contributed by atoms with van der Waals surface area (Å²) in [5, 5.41) is 18.2. The third-order valence-corrected chi connectivity index (χ3v) is 3.46. The van der Waals surface area contributed by atoms with Gasteiger partial charge in [0.05, 0.1) is 11.6 Å². The van der Waals surface area contributed by atoms with Gasteiger partial charge in [0, 0.05) is 11.1 Å². The average Bonchev–Trinajstić information content (AvgIpc) is 2.49. The molecular formula is C8H9NO3S. The van der Waals surface area contributed by atoms with Crippen molar-refractivity contribution in [2.45, 2.75) is 24.4 Å². The number of nitrogens with zero attached hydrogens (tertiary/aromatic N) is 1. The SMILES string of the molecule is O=C(O)C1(c2cncs2)CC(O)C1. The standard InChI is InChI=1S/C8H9NO3S/c10-5-1-8(2-5,7(11)12)6-3-9-4-13-6/h3-5,10H,1-2H2,(H,11,12). The summed E-state index contributed by atoms with van der Waals surface area (Å²) in [6, 6.07) is 0. The zero-order chi connectivity index (χ0) is 9.47. The third-order valence-electron chi connectivity index (χ3n) is 2.48. The van der Waals surface area contributed by atoms with Gasteiger partial charge in [-0.25, -0.2) is 0 Å². The summed E-state index contributed by atoms with van der Waals surface area (Å²) in [5.41, 5.74) is 0.755. The van der Waals surface area contributed by atoms with E-state index in [1.165, 1.54) is 11.3 Å². The number of aliphatic hydroxyl groups is 1. The Morgan fingerprint density at radius 1 is 1.69 bits per heavy atom. The lowest BCUT2D eigenvalue weighted by Gasteiger charge is -2.40. The van der Waals surface area contributed by atoms with Crippen LogP contribution in [0.3, 0.4) is 0 Å². The molecule has 1 aromatic heterocycles. The van der Waals surface area contributed by atoms with Crippen LogP contribution in [0, 0.1) is 0 Å². The van der Waals surface area contributed by atoms with Crippen LogP contribution in [0.15, 0.2) is 11.7 Å². The van der Waals surface area contributed by atoms with E-state index in [1.54, 1.807) is 11.7 Å². The van der Waals surface area contributed by atoms with E-state index in [4.69, 9.17) is 10.2 Å². The van der Waals surface area contributed by atoms with Crippen molar-refractivity contribution in [3.05, 3.63) is 16.6 Å². The van der Waals surface area contributed by atoms with E-state index in [0.29, 0.717) is 12.8 Å². The summed E-state index contributed by atoms with van der Waals surface area (Å²) in [6.45, 7) is 0. The highest BCUT2D eigenvalue weighted by Crippen LogP contribution is 2.45. The lowest BCUT2D eigenvalue weighted by molar-refractivity contribution is -0.152. The maximum atomic E-state index is 11.0. The normalized spacial score (nSPS) is 32.5. The zero-order valence-electron chi connectivity index (χ0n) is 6.80. The fourth-order valence-corrected chi connectivity index (χ4v) is 2.51. The molecule has 1 aliphatic rings. The Hall–Kier alpha value is -0.940. The molecule has 13 heavy (non-hydrogen) atoms. The molecule has 0 radical (unpaired) electrons. The maximum Gasteiger partial charge on any atom is 0.315 e. The van der Waals surface area contributed by atoms with Crippen molar-refractivity contribution in [3.63, 3.8) is 0 Å². The van der Waals surface area contributed by atoms with Crippen LogP contribution in [0.25, 0.3) is 0 Å². The van der Waals surface area contributed by atoms with Gasteiger partial charge in [-0.1, -0.05) is 0 Å². The second kappa shape index (κ2) is 2.78. The minimum Gasteiger partial charge on any atom is -0.481 e. The molecular weight excluding hydrogens is 190 g/mol. The van der Waals surface area contributed by atoms with Gasteiger partial charge in [-0.05, 0) is 12.8 Å². The highest BCUT2D eigenvalue weighted by Gasteiger charge is 2.52. The van der Waals surface area contributed by atoms with E-state index in [2.05, 4.69) is 4.98 Å². The van der Waals surface area contributed by atoms with E-state index < -0.39 is 17.5 Å². The van der Waals surface area contributed by atoms with Gasteiger partial charge < -0.3 is 10.2 Å². The Labute approximate surface area is 78.9 Å². The first kappa shape index (κ1) is 8.65. The summed E-state index contributed by atoms with van der Waals surface area (Å²) in [4.78, 5) is 15.6. The average molecular weight is 199 g/mol. The molecule has 1 aromatic rings. The van der Waals surface area contributed by atoms with Crippen molar-refractivity contribution in [1.82, 2.24) is 4.98 Å². The smallest absolute Gasteiger partial charge is 0.315 e. The van der Waals surface area contributed by atoms with Crippen LogP contribution in [-0.2, 0) is 10.2 Å².